The monoisotopic (exact) mass is 448 g/mol. The van der Waals surface area contributed by atoms with Crippen LogP contribution in [0.15, 0.2) is 54.6 Å². The molecule has 24 heavy (non-hydrogen) atoms. The first kappa shape index (κ1) is 18.7. The number of aryl methyl sites for hydroxylation is 1. The largest absolute Gasteiger partial charge is 0.416 e. The molecule has 7 heteroatoms. The molecule has 0 aliphatic carbocycles. The molecule has 0 heterocycles. The maximum atomic E-state index is 12.7. The fourth-order valence-electron chi connectivity index (χ4n) is 2.19. The van der Waals surface area contributed by atoms with Gasteiger partial charge in [-0.25, -0.2) is 3.53 Å². The first-order valence-corrected chi connectivity index (χ1v) is 8.36. The highest BCUT2D eigenvalue weighted by molar-refractivity contribution is 14.1. The molecule has 0 fully saturated rings. The molecule has 128 valence electrons. The Morgan fingerprint density at radius 2 is 1.79 bits per heavy atom. The van der Waals surface area contributed by atoms with Crippen molar-refractivity contribution in [2.45, 2.75) is 25.1 Å². The van der Waals surface area contributed by atoms with Crippen LogP contribution in [0.1, 0.15) is 17.5 Å². The van der Waals surface area contributed by atoms with E-state index in [-0.39, 0.29) is 11.6 Å². The van der Waals surface area contributed by atoms with Crippen molar-refractivity contribution in [1.29, 1.82) is 0 Å². The Morgan fingerprint density at radius 3 is 2.42 bits per heavy atom. The summed E-state index contributed by atoms with van der Waals surface area (Å²) in [4.78, 5) is 12.3. The van der Waals surface area contributed by atoms with Gasteiger partial charge >= 0.3 is 6.18 Å². The fourth-order valence-corrected chi connectivity index (χ4v) is 2.79. The van der Waals surface area contributed by atoms with Gasteiger partial charge < -0.3 is 5.32 Å². The van der Waals surface area contributed by atoms with E-state index in [9.17, 15) is 18.0 Å². The minimum atomic E-state index is -4.44. The third-order valence-corrected chi connectivity index (χ3v) is 4.22. The van der Waals surface area contributed by atoms with E-state index in [0.717, 1.165) is 17.7 Å². The number of hydrogen-bond donors (Lipinski definition) is 2. The fraction of sp³-hybridized carbons (Fsp3) is 0.235. The summed E-state index contributed by atoms with van der Waals surface area (Å²) in [6.45, 7) is 0. The number of nitrogens with one attached hydrogen (secondary N) is 2. The maximum Gasteiger partial charge on any atom is 0.416 e. The molecule has 0 saturated carbocycles. The van der Waals surface area contributed by atoms with E-state index in [4.69, 9.17) is 0 Å². The molecule has 1 amide bonds. The minimum absolute atomic E-state index is 0.131. The normalized spacial score (nSPS) is 12.7. The lowest BCUT2D eigenvalue weighted by molar-refractivity contribution is -0.137. The Labute approximate surface area is 152 Å². The molecule has 0 aromatic heterocycles. The average Bonchev–Trinajstić information content (AvgIpc) is 2.56. The molecule has 2 N–H and O–H groups in total. The predicted molar refractivity (Wildman–Crippen MR) is 95.8 cm³/mol. The van der Waals surface area contributed by atoms with E-state index in [2.05, 4.69) is 8.85 Å². The van der Waals surface area contributed by atoms with Crippen molar-refractivity contribution >= 4 is 34.5 Å². The van der Waals surface area contributed by atoms with E-state index in [1.165, 1.54) is 12.1 Å². The molecule has 0 radical (unpaired) electrons. The van der Waals surface area contributed by atoms with Gasteiger partial charge in [-0.3, -0.25) is 4.79 Å². The molecule has 0 aliphatic rings. The number of carbonyl (C=O) groups is 1. The number of carbonyl (C=O) groups excluding carboxylic acids is 1. The zero-order chi connectivity index (χ0) is 17.6. The SMILES string of the molecule is O=C(Nc1cccc(C(F)(F)F)c1)[C@H](CCc1ccccc1)NI. The summed E-state index contributed by atoms with van der Waals surface area (Å²) in [6.07, 6.45) is -3.20. The van der Waals surface area contributed by atoms with Gasteiger partial charge in [-0.15, -0.1) is 0 Å². The molecular formula is C17H16F3IN2O. The van der Waals surface area contributed by atoms with Crippen LogP contribution >= 0.6 is 22.9 Å². The Bertz CT molecular complexity index is 677. The summed E-state index contributed by atoms with van der Waals surface area (Å²) < 4.78 is 41.0. The lowest BCUT2D eigenvalue weighted by Gasteiger charge is -2.16. The van der Waals surface area contributed by atoms with Gasteiger partial charge in [0.05, 0.1) is 11.6 Å². The second-order valence-corrected chi connectivity index (χ2v) is 5.88. The Kier molecular flexibility index (Phi) is 6.61. The van der Waals surface area contributed by atoms with Crippen molar-refractivity contribution in [2.24, 2.45) is 0 Å². The Balaban J connectivity index is 1.99. The molecule has 2 rings (SSSR count). The highest BCUT2D eigenvalue weighted by atomic mass is 127. The van der Waals surface area contributed by atoms with Gasteiger partial charge in [0.25, 0.3) is 0 Å². The Morgan fingerprint density at radius 1 is 1.08 bits per heavy atom. The molecule has 1 atom stereocenters. The van der Waals surface area contributed by atoms with Crippen LogP contribution in [0.5, 0.6) is 0 Å². The average molecular weight is 448 g/mol. The van der Waals surface area contributed by atoms with Crippen LogP contribution in [0.25, 0.3) is 0 Å². The van der Waals surface area contributed by atoms with Gasteiger partial charge in [-0.05, 0) is 36.6 Å². The van der Waals surface area contributed by atoms with E-state index in [0.29, 0.717) is 12.8 Å². The second-order valence-electron chi connectivity index (χ2n) is 5.25. The van der Waals surface area contributed by atoms with Crippen LogP contribution in [0.2, 0.25) is 0 Å². The minimum Gasteiger partial charge on any atom is -0.325 e. The quantitative estimate of drug-likeness (QED) is 0.502. The van der Waals surface area contributed by atoms with Gasteiger partial charge in [0.1, 0.15) is 0 Å². The number of anilines is 1. The third kappa shape index (κ3) is 5.48. The van der Waals surface area contributed by atoms with Gasteiger partial charge in [0.2, 0.25) is 5.91 Å². The smallest absolute Gasteiger partial charge is 0.325 e. The van der Waals surface area contributed by atoms with Crippen LogP contribution in [0, 0.1) is 0 Å². The number of amides is 1. The second kappa shape index (κ2) is 8.48. The highest BCUT2D eigenvalue weighted by Gasteiger charge is 2.30. The van der Waals surface area contributed by atoms with Gasteiger partial charge in [-0.1, -0.05) is 36.4 Å². The van der Waals surface area contributed by atoms with E-state index >= 15 is 0 Å². The zero-order valence-corrected chi connectivity index (χ0v) is 14.8. The molecule has 2 aromatic carbocycles. The highest BCUT2D eigenvalue weighted by Crippen LogP contribution is 2.30. The summed E-state index contributed by atoms with van der Waals surface area (Å²) in [5, 5.41) is 2.54. The van der Waals surface area contributed by atoms with Crippen LogP contribution in [0.4, 0.5) is 18.9 Å². The molecule has 2 aromatic rings. The number of hydrogen-bond acceptors (Lipinski definition) is 2. The van der Waals surface area contributed by atoms with Crippen molar-refractivity contribution < 1.29 is 18.0 Å². The van der Waals surface area contributed by atoms with Crippen molar-refractivity contribution in [3.63, 3.8) is 0 Å². The van der Waals surface area contributed by atoms with Gasteiger partial charge in [0.15, 0.2) is 0 Å². The molecule has 0 spiro atoms. The number of halogens is 4. The molecule has 0 unspecified atom stereocenters. The molecule has 0 aliphatic heterocycles. The predicted octanol–water partition coefficient (Wildman–Crippen LogP) is 4.58. The summed E-state index contributed by atoms with van der Waals surface area (Å²) in [7, 11) is 0. The lowest BCUT2D eigenvalue weighted by atomic mass is 10.1. The van der Waals surface area contributed by atoms with E-state index < -0.39 is 17.8 Å². The summed E-state index contributed by atoms with van der Waals surface area (Å²) in [5.41, 5.74) is 0.441. The van der Waals surface area contributed by atoms with Crippen molar-refractivity contribution in [2.75, 3.05) is 5.32 Å². The molecule has 0 saturated heterocycles. The summed E-state index contributed by atoms with van der Waals surface area (Å²) in [6, 6.07) is 13.8. The first-order chi connectivity index (χ1) is 11.4. The van der Waals surface area contributed by atoms with Gasteiger partial charge in [0, 0.05) is 28.6 Å². The number of alkyl halides is 3. The van der Waals surface area contributed by atoms with E-state index in [1.807, 2.05) is 53.2 Å². The molecule has 0 bridgehead atoms. The standard InChI is InChI=1S/C17H16F3IN2O/c18-17(19,20)13-7-4-8-14(11-13)22-16(24)15(23-21)10-9-12-5-2-1-3-6-12/h1-8,11,15,23H,9-10H2,(H,22,24)/t15-/m0/s1. The summed E-state index contributed by atoms with van der Waals surface area (Å²) >= 11 is 1.88. The van der Waals surface area contributed by atoms with Crippen molar-refractivity contribution in [3.05, 3.63) is 65.7 Å². The van der Waals surface area contributed by atoms with Crippen LogP contribution in [-0.2, 0) is 17.4 Å². The first-order valence-electron chi connectivity index (χ1n) is 7.28. The van der Waals surface area contributed by atoms with Gasteiger partial charge in [-0.2, -0.15) is 13.2 Å². The maximum absolute atomic E-state index is 12.7. The summed E-state index contributed by atoms with van der Waals surface area (Å²) in [5.74, 6) is -0.361. The van der Waals surface area contributed by atoms with Crippen molar-refractivity contribution in [3.8, 4) is 0 Å². The van der Waals surface area contributed by atoms with Crippen LogP contribution in [0.3, 0.4) is 0 Å². The third-order valence-electron chi connectivity index (χ3n) is 3.47. The van der Waals surface area contributed by atoms with Crippen molar-refractivity contribution in [1.82, 2.24) is 3.53 Å². The lowest BCUT2D eigenvalue weighted by Crippen LogP contribution is -2.36. The number of benzene rings is 2. The zero-order valence-electron chi connectivity index (χ0n) is 12.6. The molecular weight excluding hydrogens is 432 g/mol. The topological polar surface area (TPSA) is 41.1 Å². The molecule has 3 nitrogen and oxygen atoms in total. The van der Waals surface area contributed by atoms with E-state index in [1.54, 1.807) is 0 Å². The Hall–Kier alpha value is -1.61. The number of rotatable bonds is 6. The van der Waals surface area contributed by atoms with Crippen LogP contribution in [-0.4, -0.2) is 11.9 Å². The van der Waals surface area contributed by atoms with Crippen LogP contribution < -0.4 is 8.85 Å².